The summed E-state index contributed by atoms with van der Waals surface area (Å²) in [6, 6.07) is 10.3. The number of hydrogen-bond donors (Lipinski definition) is 1. The van der Waals surface area contributed by atoms with Crippen LogP contribution in [-0.4, -0.2) is 5.11 Å². The van der Waals surface area contributed by atoms with Gasteiger partial charge in [-0.3, -0.25) is 0 Å². The van der Waals surface area contributed by atoms with Crippen molar-refractivity contribution in [3.05, 3.63) is 56.5 Å². The lowest BCUT2D eigenvalue weighted by atomic mass is 10.2. The molecule has 0 amide bonds. The van der Waals surface area contributed by atoms with Crippen LogP contribution in [-0.2, 0) is 6.61 Å². The third kappa shape index (κ3) is 3.18. The van der Waals surface area contributed by atoms with E-state index < -0.39 is 0 Å². The zero-order valence-electron chi connectivity index (χ0n) is 9.16. The predicted octanol–water partition coefficient (Wildman–Crippen LogP) is 5.04. The first-order valence-electron chi connectivity index (χ1n) is 5.12. The maximum Gasteiger partial charge on any atom is 0.147 e. The average molecular weight is 348 g/mol. The molecule has 0 bridgehead atoms. The van der Waals surface area contributed by atoms with Crippen LogP contribution in [0.5, 0.6) is 11.5 Å². The highest BCUT2D eigenvalue weighted by molar-refractivity contribution is 9.10. The van der Waals surface area contributed by atoms with Gasteiger partial charge in [0.15, 0.2) is 0 Å². The predicted molar refractivity (Wildman–Crippen MR) is 76.6 cm³/mol. The second kappa shape index (κ2) is 5.93. The molecule has 0 aliphatic rings. The fourth-order valence-corrected chi connectivity index (χ4v) is 2.17. The van der Waals surface area contributed by atoms with Crippen LogP contribution < -0.4 is 4.74 Å². The molecule has 2 aromatic rings. The number of ether oxygens (including phenoxy) is 1. The molecule has 1 N–H and O–H groups in total. The lowest BCUT2D eigenvalue weighted by Crippen LogP contribution is -1.92. The van der Waals surface area contributed by atoms with Gasteiger partial charge in [0.25, 0.3) is 0 Å². The molecule has 5 heteroatoms. The molecule has 0 saturated heterocycles. The number of aliphatic hydroxyl groups excluding tert-OH is 1. The van der Waals surface area contributed by atoms with Gasteiger partial charge < -0.3 is 9.84 Å². The number of rotatable bonds is 3. The molecule has 0 heterocycles. The van der Waals surface area contributed by atoms with Crippen molar-refractivity contribution in [3.8, 4) is 11.5 Å². The summed E-state index contributed by atoms with van der Waals surface area (Å²) < 4.78 is 6.54. The van der Waals surface area contributed by atoms with Gasteiger partial charge in [-0.25, -0.2) is 0 Å². The van der Waals surface area contributed by atoms with Crippen molar-refractivity contribution in [1.82, 2.24) is 0 Å². The quantitative estimate of drug-likeness (QED) is 0.842. The molecule has 0 saturated carbocycles. The molecule has 2 aromatic carbocycles. The lowest BCUT2D eigenvalue weighted by molar-refractivity contribution is 0.276. The van der Waals surface area contributed by atoms with Crippen molar-refractivity contribution in [2.24, 2.45) is 0 Å². The molecule has 2 nitrogen and oxygen atoms in total. The Bertz CT molecular complexity index is 573. The van der Waals surface area contributed by atoms with E-state index in [4.69, 9.17) is 27.9 Å². The van der Waals surface area contributed by atoms with Gasteiger partial charge >= 0.3 is 0 Å². The van der Waals surface area contributed by atoms with Gasteiger partial charge in [0, 0.05) is 21.1 Å². The van der Waals surface area contributed by atoms with Crippen molar-refractivity contribution >= 4 is 39.1 Å². The van der Waals surface area contributed by atoms with Crippen LogP contribution >= 0.6 is 39.1 Å². The van der Waals surface area contributed by atoms with E-state index in [1.54, 1.807) is 30.3 Å². The van der Waals surface area contributed by atoms with E-state index in [1.807, 2.05) is 6.07 Å². The first kappa shape index (κ1) is 13.7. The fourth-order valence-electron chi connectivity index (χ4n) is 1.45. The Balaban J connectivity index is 2.36. The van der Waals surface area contributed by atoms with Gasteiger partial charge in [0.05, 0.1) is 11.6 Å². The molecule has 2 rings (SSSR count). The summed E-state index contributed by atoms with van der Waals surface area (Å²) in [4.78, 5) is 0. The molecular weight excluding hydrogens is 339 g/mol. The summed E-state index contributed by atoms with van der Waals surface area (Å²) in [5.41, 5.74) is 0.667. The van der Waals surface area contributed by atoms with Gasteiger partial charge in [0.2, 0.25) is 0 Å². The smallest absolute Gasteiger partial charge is 0.147 e. The molecule has 0 aliphatic carbocycles. The number of benzene rings is 2. The molecule has 0 aromatic heterocycles. The summed E-state index contributed by atoms with van der Waals surface area (Å²) in [6.45, 7) is -0.118. The lowest BCUT2D eigenvalue weighted by Gasteiger charge is -2.11. The standard InChI is InChI=1S/C13H9BrCl2O2/c14-9-1-4-12(8(5-9)7-17)18-13-6-10(15)2-3-11(13)16/h1-6,17H,7H2. The van der Waals surface area contributed by atoms with Gasteiger partial charge in [-0.1, -0.05) is 39.1 Å². The van der Waals surface area contributed by atoms with Crippen LogP contribution in [0.4, 0.5) is 0 Å². The molecule has 94 valence electrons. The van der Waals surface area contributed by atoms with Crippen molar-refractivity contribution in [2.45, 2.75) is 6.61 Å². The third-order valence-electron chi connectivity index (χ3n) is 2.31. The minimum absolute atomic E-state index is 0.118. The van der Waals surface area contributed by atoms with Crippen LogP contribution in [0.15, 0.2) is 40.9 Å². The normalized spacial score (nSPS) is 10.4. The third-order valence-corrected chi connectivity index (χ3v) is 3.35. The summed E-state index contributed by atoms with van der Waals surface area (Å²) in [5.74, 6) is 1.01. The zero-order chi connectivity index (χ0) is 13.1. The minimum atomic E-state index is -0.118. The topological polar surface area (TPSA) is 29.5 Å². The Morgan fingerprint density at radius 3 is 2.56 bits per heavy atom. The van der Waals surface area contributed by atoms with Crippen LogP contribution in [0.2, 0.25) is 10.0 Å². The van der Waals surface area contributed by atoms with Crippen LogP contribution in [0.1, 0.15) is 5.56 Å². The highest BCUT2D eigenvalue weighted by Gasteiger charge is 2.08. The summed E-state index contributed by atoms with van der Waals surface area (Å²) in [6.07, 6.45) is 0. The Hall–Kier alpha value is -0.740. The highest BCUT2D eigenvalue weighted by Crippen LogP contribution is 2.34. The first-order valence-corrected chi connectivity index (χ1v) is 6.67. The maximum absolute atomic E-state index is 9.28. The Morgan fingerprint density at radius 2 is 1.83 bits per heavy atom. The minimum Gasteiger partial charge on any atom is -0.455 e. The highest BCUT2D eigenvalue weighted by atomic mass is 79.9. The molecule has 0 atom stereocenters. The molecule has 0 radical (unpaired) electrons. The van der Waals surface area contributed by atoms with Gasteiger partial charge in [-0.05, 0) is 30.3 Å². The van der Waals surface area contributed by atoms with E-state index >= 15 is 0 Å². The Kier molecular flexibility index (Phi) is 4.51. The summed E-state index contributed by atoms with van der Waals surface area (Å²) in [5, 5.41) is 10.3. The molecule has 0 aliphatic heterocycles. The Labute approximate surface area is 123 Å². The van der Waals surface area contributed by atoms with Crippen molar-refractivity contribution in [3.63, 3.8) is 0 Å². The number of halogens is 3. The van der Waals surface area contributed by atoms with E-state index in [-0.39, 0.29) is 6.61 Å². The monoisotopic (exact) mass is 346 g/mol. The van der Waals surface area contributed by atoms with Crippen LogP contribution in [0, 0.1) is 0 Å². The summed E-state index contributed by atoms with van der Waals surface area (Å²) >= 11 is 15.2. The van der Waals surface area contributed by atoms with Gasteiger partial charge in [-0.15, -0.1) is 0 Å². The molecule has 0 spiro atoms. The van der Waals surface area contributed by atoms with E-state index in [2.05, 4.69) is 15.9 Å². The van der Waals surface area contributed by atoms with E-state index in [0.29, 0.717) is 27.1 Å². The van der Waals surface area contributed by atoms with E-state index in [1.165, 1.54) is 0 Å². The molecule has 0 unspecified atom stereocenters. The fraction of sp³-hybridized carbons (Fsp3) is 0.0769. The molecule has 0 fully saturated rings. The second-order valence-electron chi connectivity index (χ2n) is 3.59. The van der Waals surface area contributed by atoms with E-state index in [0.717, 1.165) is 4.47 Å². The van der Waals surface area contributed by atoms with Gasteiger partial charge in [-0.2, -0.15) is 0 Å². The molecular formula is C13H9BrCl2O2. The van der Waals surface area contributed by atoms with Crippen LogP contribution in [0.25, 0.3) is 0 Å². The summed E-state index contributed by atoms with van der Waals surface area (Å²) in [7, 11) is 0. The Morgan fingerprint density at radius 1 is 1.06 bits per heavy atom. The zero-order valence-corrected chi connectivity index (χ0v) is 12.3. The maximum atomic E-state index is 9.28. The van der Waals surface area contributed by atoms with Crippen molar-refractivity contribution < 1.29 is 9.84 Å². The van der Waals surface area contributed by atoms with E-state index in [9.17, 15) is 5.11 Å². The number of aliphatic hydroxyl groups is 1. The second-order valence-corrected chi connectivity index (χ2v) is 5.35. The first-order chi connectivity index (χ1) is 8.60. The SMILES string of the molecule is OCc1cc(Br)ccc1Oc1cc(Cl)ccc1Cl. The average Bonchev–Trinajstić information content (AvgIpc) is 2.36. The number of hydrogen-bond acceptors (Lipinski definition) is 2. The largest absolute Gasteiger partial charge is 0.455 e. The molecule has 18 heavy (non-hydrogen) atoms. The van der Waals surface area contributed by atoms with Gasteiger partial charge in [0.1, 0.15) is 11.5 Å². The van der Waals surface area contributed by atoms with Crippen molar-refractivity contribution in [1.29, 1.82) is 0 Å². The van der Waals surface area contributed by atoms with Crippen molar-refractivity contribution in [2.75, 3.05) is 0 Å². The van der Waals surface area contributed by atoms with Crippen LogP contribution in [0.3, 0.4) is 0 Å².